The van der Waals surface area contributed by atoms with Crippen molar-refractivity contribution in [2.24, 2.45) is 5.73 Å². The summed E-state index contributed by atoms with van der Waals surface area (Å²) in [4.78, 5) is 14.0. The molecule has 0 unspecified atom stereocenters. The van der Waals surface area contributed by atoms with Gasteiger partial charge in [0.1, 0.15) is 23.0 Å². The normalized spacial score (nSPS) is 15.4. The van der Waals surface area contributed by atoms with Crippen LogP contribution in [0.4, 0.5) is 5.82 Å². The van der Waals surface area contributed by atoms with Crippen molar-refractivity contribution in [2.45, 2.75) is 0 Å². The zero-order valence-electron chi connectivity index (χ0n) is 16.3. The molecule has 2 N–H and O–H groups in total. The summed E-state index contributed by atoms with van der Waals surface area (Å²) in [5.74, 6) is 0.941. The molecule has 3 aromatic rings. The van der Waals surface area contributed by atoms with Crippen molar-refractivity contribution in [1.29, 1.82) is 5.26 Å². The predicted octanol–water partition coefficient (Wildman–Crippen LogP) is 1.90. The first-order valence-corrected chi connectivity index (χ1v) is 9.37. The smallest absolute Gasteiger partial charge is 0.128 e. The maximum Gasteiger partial charge on any atom is 0.128 e. The van der Waals surface area contributed by atoms with E-state index in [1.165, 1.54) is 12.4 Å². The number of anilines is 1. The van der Waals surface area contributed by atoms with Gasteiger partial charge in [0.25, 0.3) is 0 Å². The number of nitrogens with two attached hydrogens (primary N) is 1. The highest BCUT2D eigenvalue weighted by Crippen LogP contribution is 2.28. The van der Waals surface area contributed by atoms with E-state index in [0.717, 1.165) is 37.6 Å². The van der Waals surface area contributed by atoms with Gasteiger partial charge in [-0.15, -0.1) is 0 Å². The molecule has 0 aromatic carbocycles. The quantitative estimate of drug-likeness (QED) is 0.684. The maximum absolute atomic E-state index is 9.50. The number of pyridine rings is 1. The lowest BCUT2D eigenvalue weighted by Crippen LogP contribution is -2.44. The minimum absolute atomic E-state index is 0.457. The summed E-state index contributed by atoms with van der Waals surface area (Å²) >= 11 is 0. The van der Waals surface area contributed by atoms with E-state index in [4.69, 9.17) is 10.7 Å². The van der Waals surface area contributed by atoms with Gasteiger partial charge in [-0.3, -0.25) is 0 Å². The van der Waals surface area contributed by atoms with Crippen molar-refractivity contribution in [1.82, 2.24) is 24.5 Å². The molecule has 4 heterocycles. The van der Waals surface area contributed by atoms with Gasteiger partial charge in [0.05, 0.1) is 23.8 Å². The number of allylic oxidation sites excluding steroid dienone is 2. The van der Waals surface area contributed by atoms with Gasteiger partial charge < -0.3 is 15.5 Å². The van der Waals surface area contributed by atoms with Crippen LogP contribution in [-0.4, -0.2) is 57.7 Å². The number of rotatable bonds is 4. The molecular formula is C21H22N8. The summed E-state index contributed by atoms with van der Waals surface area (Å²) < 4.78 is 1.65. The lowest BCUT2D eigenvalue weighted by atomic mass is 10.1. The van der Waals surface area contributed by atoms with Crippen LogP contribution in [0.25, 0.3) is 22.3 Å². The summed E-state index contributed by atoms with van der Waals surface area (Å²) in [6.45, 7) is 7.73. The van der Waals surface area contributed by atoms with E-state index in [2.05, 4.69) is 39.6 Å². The standard InChI is InChI=1S/C21H22N8/c1-3-15(10-22)18-14-29-21(17(11-23)13-25-29)20(26-18)16-4-5-19(24-12-16)28-8-6-27(2)7-9-28/h3-5,10,12-14H,1,6-9,22H2,2H3/b15-10+. The maximum atomic E-state index is 9.50. The first-order valence-electron chi connectivity index (χ1n) is 9.37. The fraction of sp³-hybridized carbons (Fsp3) is 0.238. The summed E-state index contributed by atoms with van der Waals surface area (Å²) in [6.07, 6.45) is 8.17. The van der Waals surface area contributed by atoms with Crippen LogP contribution in [0.15, 0.2) is 49.6 Å². The molecule has 0 atom stereocenters. The van der Waals surface area contributed by atoms with Gasteiger partial charge in [-0.2, -0.15) is 10.4 Å². The van der Waals surface area contributed by atoms with Gasteiger partial charge in [0.15, 0.2) is 0 Å². The van der Waals surface area contributed by atoms with E-state index in [-0.39, 0.29) is 0 Å². The van der Waals surface area contributed by atoms with Crippen LogP contribution in [0.2, 0.25) is 0 Å². The average molecular weight is 386 g/mol. The molecule has 1 saturated heterocycles. The number of piperazine rings is 1. The molecule has 0 saturated carbocycles. The Kier molecular flexibility index (Phi) is 4.97. The topological polar surface area (TPSA) is 99.4 Å². The predicted molar refractivity (Wildman–Crippen MR) is 113 cm³/mol. The van der Waals surface area contributed by atoms with Gasteiger partial charge in [-0.1, -0.05) is 12.7 Å². The van der Waals surface area contributed by atoms with Gasteiger partial charge in [-0.05, 0) is 19.2 Å². The van der Waals surface area contributed by atoms with E-state index in [0.29, 0.717) is 28.0 Å². The molecule has 8 heteroatoms. The van der Waals surface area contributed by atoms with Gasteiger partial charge in [0, 0.05) is 49.7 Å². The number of aromatic nitrogens is 4. The largest absolute Gasteiger partial charge is 0.404 e. The lowest BCUT2D eigenvalue weighted by Gasteiger charge is -2.33. The van der Waals surface area contributed by atoms with E-state index in [9.17, 15) is 5.26 Å². The van der Waals surface area contributed by atoms with Crippen LogP contribution in [0, 0.1) is 11.3 Å². The number of hydrogen-bond acceptors (Lipinski definition) is 7. The molecule has 0 aliphatic carbocycles. The zero-order valence-corrected chi connectivity index (χ0v) is 16.3. The van der Waals surface area contributed by atoms with Gasteiger partial charge >= 0.3 is 0 Å². The summed E-state index contributed by atoms with van der Waals surface area (Å²) in [6, 6.07) is 6.18. The molecule has 0 amide bonds. The second-order valence-corrected chi connectivity index (χ2v) is 6.96. The molecule has 3 aromatic heterocycles. The highest BCUT2D eigenvalue weighted by atomic mass is 15.3. The van der Waals surface area contributed by atoms with Crippen LogP contribution >= 0.6 is 0 Å². The fourth-order valence-corrected chi connectivity index (χ4v) is 3.44. The van der Waals surface area contributed by atoms with Gasteiger partial charge in [0.2, 0.25) is 0 Å². The fourth-order valence-electron chi connectivity index (χ4n) is 3.44. The Morgan fingerprint density at radius 3 is 2.66 bits per heavy atom. The SMILES string of the molecule is C=C/C(=C\N)c1cn2ncc(C#N)c2c(-c2ccc(N3CCN(C)CC3)nc2)n1. The Bertz CT molecular complexity index is 1110. The monoisotopic (exact) mass is 386 g/mol. The van der Waals surface area contributed by atoms with E-state index in [1.54, 1.807) is 23.0 Å². The second kappa shape index (κ2) is 7.73. The molecule has 4 rings (SSSR count). The highest BCUT2D eigenvalue weighted by Gasteiger charge is 2.18. The van der Waals surface area contributed by atoms with Crippen molar-refractivity contribution in [2.75, 3.05) is 38.1 Å². The molecule has 8 nitrogen and oxygen atoms in total. The second-order valence-electron chi connectivity index (χ2n) is 6.96. The number of fused-ring (bicyclic) bond motifs is 1. The first-order chi connectivity index (χ1) is 14.1. The van der Waals surface area contributed by atoms with Gasteiger partial charge in [-0.25, -0.2) is 14.5 Å². The average Bonchev–Trinajstić information content (AvgIpc) is 3.18. The number of nitrogens with zero attached hydrogens (tertiary/aromatic N) is 7. The Labute approximate surface area is 169 Å². The third kappa shape index (κ3) is 3.44. The van der Waals surface area contributed by atoms with Crippen LogP contribution < -0.4 is 10.6 Å². The molecule has 0 spiro atoms. The highest BCUT2D eigenvalue weighted by molar-refractivity contribution is 5.83. The van der Waals surface area contributed by atoms with E-state index >= 15 is 0 Å². The summed E-state index contributed by atoms with van der Waals surface area (Å²) in [5, 5.41) is 13.8. The van der Waals surface area contributed by atoms with Crippen molar-refractivity contribution in [3.8, 4) is 17.3 Å². The molecule has 1 aliphatic rings. The third-order valence-electron chi connectivity index (χ3n) is 5.16. The van der Waals surface area contributed by atoms with Crippen molar-refractivity contribution >= 4 is 16.9 Å². The Hall–Kier alpha value is -3.70. The van der Waals surface area contributed by atoms with E-state index in [1.807, 2.05) is 12.1 Å². The Balaban J connectivity index is 1.79. The lowest BCUT2D eigenvalue weighted by molar-refractivity contribution is 0.312. The summed E-state index contributed by atoms with van der Waals surface area (Å²) in [5.41, 5.74) is 9.57. The summed E-state index contributed by atoms with van der Waals surface area (Å²) in [7, 11) is 2.13. The Morgan fingerprint density at radius 1 is 1.24 bits per heavy atom. The molecule has 1 aliphatic heterocycles. The van der Waals surface area contributed by atoms with E-state index < -0.39 is 0 Å². The number of likely N-dealkylation sites (N-methyl/N-ethyl adjacent to an activating group) is 1. The van der Waals surface area contributed by atoms with Crippen molar-refractivity contribution in [3.05, 3.63) is 60.8 Å². The van der Waals surface area contributed by atoms with Crippen LogP contribution in [0.5, 0.6) is 0 Å². The van der Waals surface area contributed by atoms with Crippen LogP contribution in [-0.2, 0) is 0 Å². The minimum Gasteiger partial charge on any atom is -0.404 e. The Morgan fingerprint density at radius 2 is 2.03 bits per heavy atom. The number of nitriles is 1. The van der Waals surface area contributed by atoms with Crippen LogP contribution in [0.1, 0.15) is 11.3 Å². The molecule has 1 fully saturated rings. The molecule has 0 radical (unpaired) electrons. The van der Waals surface area contributed by atoms with Crippen LogP contribution in [0.3, 0.4) is 0 Å². The molecule has 0 bridgehead atoms. The molecule has 29 heavy (non-hydrogen) atoms. The zero-order chi connectivity index (χ0) is 20.4. The van der Waals surface area contributed by atoms with Crippen molar-refractivity contribution < 1.29 is 0 Å². The first kappa shape index (κ1) is 18.7. The minimum atomic E-state index is 0.457. The van der Waals surface area contributed by atoms with Crippen molar-refractivity contribution in [3.63, 3.8) is 0 Å². The molecular weight excluding hydrogens is 364 g/mol. The molecule has 146 valence electrons. The number of hydrogen-bond donors (Lipinski definition) is 1. The third-order valence-corrected chi connectivity index (χ3v) is 5.16.